The van der Waals surface area contributed by atoms with E-state index in [-0.39, 0.29) is 0 Å². The Morgan fingerprint density at radius 1 is 1.03 bits per heavy atom. The molecule has 1 saturated carbocycles. The molecule has 0 amide bonds. The van der Waals surface area contributed by atoms with Gasteiger partial charge >= 0.3 is 0 Å². The lowest BCUT2D eigenvalue weighted by molar-refractivity contribution is 0.329. The van der Waals surface area contributed by atoms with Crippen LogP contribution in [-0.4, -0.2) is 14.8 Å². The molecule has 1 fully saturated rings. The molecule has 4 aromatic heterocycles. The van der Waals surface area contributed by atoms with Crippen molar-refractivity contribution in [2.75, 3.05) is 5.73 Å². The van der Waals surface area contributed by atoms with Crippen LogP contribution in [0.25, 0.3) is 43.5 Å². The fourth-order valence-corrected chi connectivity index (χ4v) is 5.55. The Kier molecular flexibility index (Phi) is 4.13. The highest BCUT2D eigenvalue weighted by Gasteiger charge is 2.20. The first kappa shape index (κ1) is 17.7. The normalized spacial score (nSPS) is 15.3. The van der Waals surface area contributed by atoms with Crippen molar-refractivity contribution in [3.63, 3.8) is 0 Å². The van der Waals surface area contributed by atoms with Gasteiger partial charge in [-0.05, 0) is 25.0 Å². The van der Waals surface area contributed by atoms with Crippen LogP contribution in [0.3, 0.4) is 0 Å². The second-order valence-corrected chi connectivity index (χ2v) is 8.97. The van der Waals surface area contributed by atoms with E-state index in [4.69, 9.17) is 10.2 Å². The zero-order valence-electron chi connectivity index (χ0n) is 16.5. The molecular formula is C24H22N4OS. The molecule has 6 heteroatoms. The van der Waals surface area contributed by atoms with Crippen molar-refractivity contribution in [3.8, 4) is 22.5 Å². The van der Waals surface area contributed by atoms with Crippen LogP contribution in [0.15, 0.2) is 58.7 Å². The average molecular weight is 415 g/mol. The third kappa shape index (κ3) is 2.82. The molecule has 0 saturated heterocycles. The number of hydrogen-bond donors (Lipinski definition) is 1. The molecule has 5 nitrogen and oxygen atoms in total. The van der Waals surface area contributed by atoms with Gasteiger partial charge in [-0.15, -0.1) is 11.3 Å². The van der Waals surface area contributed by atoms with Gasteiger partial charge in [0.15, 0.2) is 11.4 Å². The van der Waals surface area contributed by atoms with Gasteiger partial charge in [0.05, 0.1) is 12.2 Å². The first-order valence-corrected chi connectivity index (χ1v) is 11.3. The Hall–Kier alpha value is -3.12. The van der Waals surface area contributed by atoms with E-state index in [1.54, 1.807) is 11.3 Å². The largest absolute Gasteiger partial charge is 0.452 e. The lowest BCUT2D eigenvalue weighted by Crippen LogP contribution is -2.12. The van der Waals surface area contributed by atoms with E-state index in [0.717, 1.165) is 27.8 Å². The van der Waals surface area contributed by atoms with Crippen molar-refractivity contribution in [1.82, 2.24) is 14.8 Å². The van der Waals surface area contributed by atoms with Crippen molar-refractivity contribution in [1.29, 1.82) is 0 Å². The number of thiophene rings is 1. The number of nitrogens with two attached hydrogens (primary N) is 1. The summed E-state index contributed by atoms with van der Waals surface area (Å²) in [4.78, 5) is 4.41. The lowest BCUT2D eigenvalue weighted by Gasteiger charge is -2.21. The van der Waals surface area contributed by atoms with Crippen LogP contribution >= 0.6 is 11.3 Å². The summed E-state index contributed by atoms with van der Waals surface area (Å²) in [5.74, 6) is 1.24. The van der Waals surface area contributed by atoms with Gasteiger partial charge in [0, 0.05) is 49.9 Å². The molecule has 0 radical (unpaired) electrons. The molecule has 6 rings (SSSR count). The van der Waals surface area contributed by atoms with E-state index in [1.807, 2.05) is 12.4 Å². The van der Waals surface area contributed by atoms with E-state index in [2.05, 4.69) is 56.7 Å². The summed E-state index contributed by atoms with van der Waals surface area (Å²) in [6.07, 6.45) is 12.2. The second kappa shape index (κ2) is 6.99. The number of fused-ring (bicyclic) bond motifs is 2. The van der Waals surface area contributed by atoms with Crippen LogP contribution in [0.5, 0.6) is 0 Å². The molecule has 0 spiro atoms. The summed E-state index contributed by atoms with van der Waals surface area (Å²) < 4.78 is 9.60. The fraction of sp³-hybridized carbons (Fsp3) is 0.250. The summed E-state index contributed by atoms with van der Waals surface area (Å²) in [7, 11) is 0. The monoisotopic (exact) mass is 414 g/mol. The molecule has 30 heavy (non-hydrogen) atoms. The molecule has 1 aliphatic carbocycles. The van der Waals surface area contributed by atoms with Gasteiger partial charge in [-0.25, -0.2) is 4.98 Å². The van der Waals surface area contributed by atoms with Crippen LogP contribution < -0.4 is 5.73 Å². The number of benzene rings is 1. The summed E-state index contributed by atoms with van der Waals surface area (Å²) in [6, 6.07) is 11.0. The molecule has 4 heterocycles. The lowest BCUT2D eigenvalue weighted by atomic mass is 9.96. The van der Waals surface area contributed by atoms with Crippen LogP contribution in [0.1, 0.15) is 38.1 Å². The maximum Gasteiger partial charge on any atom is 0.177 e. The van der Waals surface area contributed by atoms with Gasteiger partial charge in [-0.3, -0.25) is 4.68 Å². The molecule has 0 bridgehead atoms. The number of anilines is 1. The van der Waals surface area contributed by atoms with Gasteiger partial charge in [0.2, 0.25) is 0 Å². The standard InChI is InChI=1S/C24H22N4OS/c25-24-23-18(10-21(29-23)20-14-30-22-9-5-4-8-17(20)22)19(12-26-24)15-11-27-28(13-15)16-6-2-1-3-7-16/h4-5,8-14,16H,1-3,6-7H2,(H2,25,26). The third-order valence-corrected chi connectivity index (χ3v) is 7.16. The van der Waals surface area contributed by atoms with Crippen LogP contribution in [0, 0.1) is 0 Å². The van der Waals surface area contributed by atoms with Crippen molar-refractivity contribution >= 4 is 38.2 Å². The number of pyridine rings is 1. The molecule has 2 N–H and O–H groups in total. The Morgan fingerprint density at radius 3 is 2.80 bits per heavy atom. The van der Waals surface area contributed by atoms with E-state index < -0.39 is 0 Å². The SMILES string of the molecule is Nc1ncc(-c2cnn(C3CCCCC3)c2)c2cc(-c3csc4ccccc34)oc12. The first-order valence-electron chi connectivity index (χ1n) is 10.5. The number of hydrogen-bond acceptors (Lipinski definition) is 5. The predicted octanol–water partition coefficient (Wildman–Crippen LogP) is 6.66. The maximum absolute atomic E-state index is 6.23. The maximum atomic E-state index is 6.23. The van der Waals surface area contributed by atoms with Crippen molar-refractivity contribution < 1.29 is 4.42 Å². The molecule has 0 aliphatic heterocycles. The van der Waals surface area contributed by atoms with Crippen molar-refractivity contribution in [3.05, 3.63) is 54.3 Å². The zero-order chi connectivity index (χ0) is 20.1. The number of rotatable bonds is 3. The Bertz CT molecular complexity index is 1360. The minimum absolute atomic E-state index is 0.416. The van der Waals surface area contributed by atoms with Gasteiger partial charge in [0.25, 0.3) is 0 Å². The van der Waals surface area contributed by atoms with E-state index >= 15 is 0 Å². The van der Waals surface area contributed by atoms with Crippen LogP contribution in [0.2, 0.25) is 0 Å². The third-order valence-electron chi connectivity index (χ3n) is 6.20. The molecule has 1 aromatic carbocycles. The molecule has 1 aliphatic rings. The summed E-state index contributed by atoms with van der Waals surface area (Å²) in [5, 5.41) is 8.99. The minimum Gasteiger partial charge on any atom is -0.452 e. The minimum atomic E-state index is 0.416. The van der Waals surface area contributed by atoms with Gasteiger partial charge < -0.3 is 10.2 Å². The summed E-state index contributed by atoms with van der Waals surface area (Å²) in [6.45, 7) is 0. The summed E-state index contributed by atoms with van der Waals surface area (Å²) in [5.41, 5.74) is 9.98. The van der Waals surface area contributed by atoms with Gasteiger partial charge in [-0.2, -0.15) is 5.10 Å². The number of nitrogen functional groups attached to an aromatic ring is 1. The van der Waals surface area contributed by atoms with Crippen LogP contribution in [-0.2, 0) is 0 Å². The molecule has 150 valence electrons. The Balaban J connectivity index is 1.46. The summed E-state index contributed by atoms with van der Waals surface area (Å²) >= 11 is 1.72. The fourth-order valence-electron chi connectivity index (χ4n) is 4.60. The molecule has 0 unspecified atom stereocenters. The Labute approximate surface area is 178 Å². The van der Waals surface area contributed by atoms with Crippen molar-refractivity contribution in [2.24, 2.45) is 0 Å². The molecule has 5 aromatic rings. The average Bonchev–Trinajstić information content (AvgIpc) is 3.52. The quantitative estimate of drug-likeness (QED) is 0.358. The van der Waals surface area contributed by atoms with Crippen LogP contribution in [0.4, 0.5) is 5.82 Å². The van der Waals surface area contributed by atoms with Crippen molar-refractivity contribution in [2.45, 2.75) is 38.1 Å². The zero-order valence-corrected chi connectivity index (χ0v) is 17.4. The molecule has 0 atom stereocenters. The second-order valence-electron chi connectivity index (χ2n) is 8.06. The smallest absolute Gasteiger partial charge is 0.177 e. The van der Waals surface area contributed by atoms with Gasteiger partial charge in [-0.1, -0.05) is 37.5 Å². The van der Waals surface area contributed by atoms with E-state index in [9.17, 15) is 0 Å². The molecular weight excluding hydrogens is 392 g/mol. The van der Waals surface area contributed by atoms with Gasteiger partial charge in [0.1, 0.15) is 5.76 Å². The first-order chi connectivity index (χ1) is 14.8. The van der Waals surface area contributed by atoms with E-state index in [1.165, 1.54) is 42.2 Å². The Morgan fingerprint density at radius 2 is 1.90 bits per heavy atom. The topological polar surface area (TPSA) is 69.9 Å². The highest BCUT2D eigenvalue weighted by Crippen LogP contribution is 2.40. The number of aromatic nitrogens is 3. The predicted molar refractivity (Wildman–Crippen MR) is 123 cm³/mol. The highest BCUT2D eigenvalue weighted by molar-refractivity contribution is 7.17. The number of furan rings is 1. The highest BCUT2D eigenvalue weighted by atomic mass is 32.1. The van der Waals surface area contributed by atoms with E-state index in [0.29, 0.717) is 17.4 Å². The number of nitrogens with zero attached hydrogens (tertiary/aromatic N) is 3.